The number of pyridine rings is 1. The van der Waals surface area contributed by atoms with Gasteiger partial charge in [-0.05, 0) is 19.9 Å². The number of rotatable bonds is 4. The minimum absolute atomic E-state index is 0. The normalized spacial score (nSPS) is 10.6. The van der Waals surface area contributed by atoms with E-state index >= 15 is 0 Å². The molecule has 7 heteroatoms. The van der Waals surface area contributed by atoms with Crippen LogP contribution in [0.3, 0.4) is 0 Å². The van der Waals surface area contributed by atoms with Crippen LogP contribution in [0, 0.1) is 6.92 Å². The number of aromatic nitrogens is 1. The molecule has 1 rings (SSSR count). The van der Waals surface area contributed by atoms with E-state index in [4.69, 9.17) is 0 Å². The Hall–Kier alpha value is -1.17. The van der Waals surface area contributed by atoms with Crippen molar-refractivity contribution in [3.05, 3.63) is 17.8 Å². The summed E-state index contributed by atoms with van der Waals surface area (Å²) in [5, 5.41) is 3.01. The van der Waals surface area contributed by atoms with Crippen LogP contribution in [-0.2, 0) is 0 Å². The highest BCUT2D eigenvalue weighted by Gasteiger charge is 2.28. The lowest BCUT2D eigenvalue weighted by molar-refractivity contribution is -0.154. The number of anilines is 1. The fourth-order valence-electron chi connectivity index (χ4n) is 1.16. The zero-order chi connectivity index (χ0) is 12.2. The maximum absolute atomic E-state index is 11.9. The van der Waals surface area contributed by atoms with Crippen molar-refractivity contribution in [1.29, 1.82) is 0 Å². The number of nitrogens with one attached hydrogen (secondary N) is 1. The molecule has 0 radical (unpaired) electrons. The second-order valence-corrected chi connectivity index (χ2v) is 3.28. The molecule has 3 nitrogen and oxygen atoms in total. The van der Waals surface area contributed by atoms with Crippen molar-refractivity contribution < 1.29 is 17.9 Å². The number of halogens is 4. The van der Waals surface area contributed by atoms with Crippen LogP contribution in [0.1, 0.15) is 12.5 Å². The maximum atomic E-state index is 11.9. The molecule has 17 heavy (non-hydrogen) atoms. The predicted molar refractivity (Wildman–Crippen MR) is 61.9 cm³/mol. The third-order valence-corrected chi connectivity index (χ3v) is 1.78. The lowest BCUT2D eigenvalue weighted by Gasteiger charge is -2.11. The molecule has 98 valence electrons. The standard InChI is InChI=1S/C10H13F3N2O.ClH/c1-3-14-8-4-7(2)9(15-5-8)16-6-10(11,12)13;/h4-5,14H,3,6H2,1-2H3;1H. The second kappa shape index (κ2) is 6.54. The molecule has 0 aliphatic carbocycles. The Bertz CT molecular complexity index is 358. The highest BCUT2D eigenvalue weighted by atomic mass is 35.5. The van der Waals surface area contributed by atoms with Crippen molar-refractivity contribution in [2.45, 2.75) is 20.0 Å². The van der Waals surface area contributed by atoms with Gasteiger partial charge in [-0.1, -0.05) is 0 Å². The van der Waals surface area contributed by atoms with E-state index in [1.165, 1.54) is 6.20 Å². The number of hydrogen-bond acceptors (Lipinski definition) is 3. The minimum Gasteiger partial charge on any atom is -0.468 e. The Labute approximate surface area is 104 Å². The van der Waals surface area contributed by atoms with Crippen molar-refractivity contribution in [2.24, 2.45) is 0 Å². The third-order valence-electron chi connectivity index (χ3n) is 1.78. The molecule has 1 heterocycles. The van der Waals surface area contributed by atoms with E-state index in [1.807, 2.05) is 6.92 Å². The summed E-state index contributed by atoms with van der Waals surface area (Å²) >= 11 is 0. The quantitative estimate of drug-likeness (QED) is 0.912. The molecule has 1 N–H and O–H groups in total. The van der Waals surface area contributed by atoms with Gasteiger partial charge in [-0.15, -0.1) is 12.4 Å². The molecule has 0 saturated heterocycles. The van der Waals surface area contributed by atoms with Crippen LogP contribution in [0.15, 0.2) is 12.3 Å². The largest absolute Gasteiger partial charge is 0.468 e. The van der Waals surface area contributed by atoms with Gasteiger partial charge in [0.05, 0.1) is 11.9 Å². The van der Waals surface area contributed by atoms with Crippen LogP contribution in [0.25, 0.3) is 0 Å². The van der Waals surface area contributed by atoms with Gasteiger partial charge in [-0.3, -0.25) is 0 Å². The van der Waals surface area contributed by atoms with E-state index in [1.54, 1.807) is 13.0 Å². The lowest BCUT2D eigenvalue weighted by Crippen LogP contribution is -2.20. The SMILES string of the molecule is CCNc1cnc(OCC(F)(F)F)c(C)c1.Cl. The van der Waals surface area contributed by atoms with E-state index in [0.29, 0.717) is 5.56 Å². The molecule has 0 aliphatic heterocycles. The number of ether oxygens (including phenoxy) is 1. The number of aryl methyl sites for hydroxylation is 1. The Morgan fingerprint density at radius 2 is 2.06 bits per heavy atom. The molecule has 1 aromatic rings. The van der Waals surface area contributed by atoms with Crippen LogP contribution < -0.4 is 10.1 Å². The minimum atomic E-state index is -4.34. The smallest absolute Gasteiger partial charge is 0.422 e. The van der Waals surface area contributed by atoms with Crippen molar-refractivity contribution in [1.82, 2.24) is 4.98 Å². The van der Waals surface area contributed by atoms with Gasteiger partial charge in [0.2, 0.25) is 5.88 Å². The molecule has 0 amide bonds. The zero-order valence-corrected chi connectivity index (χ0v) is 10.3. The van der Waals surface area contributed by atoms with E-state index in [0.717, 1.165) is 12.2 Å². The van der Waals surface area contributed by atoms with E-state index in [2.05, 4.69) is 15.0 Å². The molecule has 1 aromatic heterocycles. The first-order chi connectivity index (χ1) is 7.42. The average Bonchev–Trinajstić information content (AvgIpc) is 2.15. The Morgan fingerprint density at radius 1 is 1.41 bits per heavy atom. The fourth-order valence-corrected chi connectivity index (χ4v) is 1.16. The van der Waals surface area contributed by atoms with Crippen molar-refractivity contribution in [2.75, 3.05) is 18.5 Å². The molecular formula is C10H14ClF3N2O. The molecule has 0 fully saturated rings. The first kappa shape index (κ1) is 15.8. The highest BCUT2D eigenvalue weighted by molar-refractivity contribution is 5.85. The molecular weight excluding hydrogens is 257 g/mol. The molecule has 0 saturated carbocycles. The molecule has 0 bridgehead atoms. The molecule has 0 unspecified atom stereocenters. The van der Waals surface area contributed by atoms with E-state index < -0.39 is 12.8 Å². The second-order valence-electron chi connectivity index (χ2n) is 3.28. The van der Waals surface area contributed by atoms with Gasteiger partial charge < -0.3 is 10.1 Å². The van der Waals surface area contributed by atoms with Crippen LogP contribution in [0.2, 0.25) is 0 Å². The first-order valence-corrected chi connectivity index (χ1v) is 4.82. The summed E-state index contributed by atoms with van der Waals surface area (Å²) in [4.78, 5) is 3.82. The van der Waals surface area contributed by atoms with Crippen LogP contribution in [0.5, 0.6) is 5.88 Å². The molecule has 0 aliphatic rings. The van der Waals surface area contributed by atoms with Gasteiger partial charge in [-0.25, -0.2) is 4.98 Å². The Morgan fingerprint density at radius 3 is 2.53 bits per heavy atom. The van der Waals surface area contributed by atoms with Crippen LogP contribution in [-0.4, -0.2) is 24.3 Å². The average molecular weight is 271 g/mol. The molecule has 0 aromatic carbocycles. The number of alkyl halides is 3. The summed E-state index contributed by atoms with van der Waals surface area (Å²) in [6.07, 6.45) is -2.89. The van der Waals surface area contributed by atoms with Crippen LogP contribution in [0.4, 0.5) is 18.9 Å². The van der Waals surface area contributed by atoms with Gasteiger partial charge in [0.1, 0.15) is 0 Å². The summed E-state index contributed by atoms with van der Waals surface area (Å²) < 4.78 is 40.3. The van der Waals surface area contributed by atoms with Gasteiger partial charge in [0.25, 0.3) is 0 Å². The summed E-state index contributed by atoms with van der Waals surface area (Å²) in [5.74, 6) is 0.0129. The lowest BCUT2D eigenvalue weighted by atomic mass is 10.3. The summed E-state index contributed by atoms with van der Waals surface area (Å²) in [5.41, 5.74) is 1.34. The predicted octanol–water partition coefficient (Wildman–Crippen LogP) is 3.18. The third kappa shape index (κ3) is 5.63. The maximum Gasteiger partial charge on any atom is 0.422 e. The summed E-state index contributed by atoms with van der Waals surface area (Å²) in [6.45, 7) is 2.98. The monoisotopic (exact) mass is 270 g/mol. The van der Waals surface area contributed by atoms with Crippen molar-refractivity contribution in [3.8, 4) is 5.88 Å². The van der Waals surface area contributed by atoms with Gasteiger partial charge in [-0.2, -0.15) is 13.2 Å². The van der Waals surface area contributed by atoms with Crippen molar-refractivity contribution >= 4 is 18.1 Å². The Kier molecular flexibility index (Phi) is 6.09. The number of nitrogens with zero attached hydrogens (tertiary/aromatic N) is 1. The fraction of sp³-hybridized carbons (Fsp3) is 0.500. The van der Waals surface area contributed by atoms with Gasteiger partial charge in [0.15, 0.2) is 6.61 Å². The topological polar surface area (TPSA) is 34.2 Å². The molecule has 0 atom stereocenters. The summed E-state index contributed by atoms with van der Waals surface area (Å²) in [7, 11) is 0. The van der Waals surface area contributed by atoms with Crippen molar-refractivity contribution in [3.63, 3.8) is 0 Å². The van der Waals surface area contributed by atoms with Gasteiger partial charge >= 0.3 is 6.18 Å². The highest BCUT2D eigenvalue weighted by Crippen LogP contribution is 2.21. The number of hydrogen-bond donors (Lipinski definition) is 1. The van der Waals surface area contributed by atoms with E-state index in [9.17, 15) is 13.2 Å². The zero-order valence-electron chi connectivity index (χ0n) is 9.47. The first-order valence-electron chi connectivity index (χ1n) is 4.82. The van der Waals surface area contributed by atoms with Crippen LogP contribution >= 0.6 is 12.4 Å². The van der Waals surface area contributed by atoms with E-state index in [-0.39, 0.29) is 18.3 Å². The van der Waals surface area contributed by atoms with Gasteiger partial charge in [0, 0.05) is 12.1 Å². The molecule has 0 spiro atoms. The Balaban J connectivity index is 0.00000256. The summed E-state index contributed by atoms with van der Waals surface area (Å²) in [6, 6.07) is 1.70.